The molecule has 20 heavy (non-hydrogen) atoms. The van der Waals surface area contributed by atoms with Crippen LogP contribution >= 0.6 is 0 Å². The number of carbonyl (C=O) groups excluding carboxylic acids is 3. The first-order valence-electron chi connectivity index (χ1n) is 7.02. The van der Waals surface area contributed by atoms with Crippen molar-refractivity contribution in [3.8, 4) is 0 Å². The minimum absolute atomic E-state index is 0.0278. The van der Waals surface area contributed by atoms with Crippen LogP contribution in [0.1, 0.15) is 47.0 Å². The second kappa shape index (κ2) is 9.34. The molecule has 0 spiro atoms. The molecule has 0 N–H and O–H groups in total. The Morgan fingerprint density at radius 2 is 1.10 bits per heavy atom. The summed E-state index contributed by atoms with van der Waals surface area (Å²) in [5.41, 5.74) is -2.00. The summed E-state index contributed by atoms with van der Waals surface area (Å²) in [6.07, 6.45) is 1.26. The van der Waals surface area contributed by atoms with E-state index in [-0.39, 0.29) is 26.2 Å². The Hall–Kier alpha value is -1.59. The molecule has 0 atom stereocenters. The van der Waals surface area contributed by atoms with Crippen LogP contribution in [0.4, 0.5) is 0 Å². The number of carbonyl (C=O) groups is 3. The quantitative estimate of drug-likeness (QED) is 0.366. The van der Waals surface area contributed by atoms with Crippen LogP contribution in [0.15, 0.2) is 0 Å². The third-order valence-electron chi connectivity index (χ3n) is 2.78. The highest BCUT2D eigenvalue weighted by atomic mass is 16.6. The first-order chi connectivity index (χ1) is 9.50. The number of unbranched alkanes of at least 4 members (excludes halogenated alkanes) is 1. The zero-order valence-corrected chi connectivity index (χ0v) is 12.7. The van der Waals surface area contributed by atoms with E-state index in [1.165, 1.54) is 0 Å². The van der Waals surface area contributed by atoms with Gasteiger partial charge in [-0.3, -0.25) is 14.4 Å². The van der Waals surface area contributed by atoms with Crippen LogP contribution in [0.2, 0.25) is 0 Å². The molecule has 0 saturated carbocycles. The van der Waals surface area contributed by atoms with Crippen LogP contribution in [-0.2, 0) is 28.6 Å². The summed E-state index contributed by atoms with van der Waals surface area (Å²) in [5.74, 6) is -2.69. The normalized spacial score (nSPS) is 10.8. The van der Waals surface area contributed by atoms with Crippen LogP contribution in [-0.4, -0.2) is 37.7 Å². The Morgan fingerprint density at radius 1 is 0.750 bits per heavy atom. The summed E-state index contributed by atoms with van der Waals surface area (Å²) < 4.78 is 14.7. The van der Waals surface area contributed by atoms with Gasteiger partial charge in [-0.2, -0.15) is 0 Å². The maximum Gasteiger partial charge on any atom is 0.335 e. The summed E-state index contributed by atoms with van der Waals surface area (Å²) in [6, 6.07) is 0. The molecule has 6 heteroatoms. The molecular weight excluding hydrogens is 264 g/mol. The van der Waals surface area contributed by atoms with Crippen LogP contribution in [0.5, 0.6) is 0 Å². The van der Waals surface area contributed by atoms with Gasteiger partial charge in [0.05, 0.1) is 19.8 Å². The minimum Gasteiger partial charge on any atom is -0.465 e. The molecule has 0 saturated heterocycles. The van der Waals surface area contributed by atoms with Crippen LogP contribution in [0.3, 0.4) is 0 Å². The lowest BCUT2D eigenvalue weighted by atomic mass is 9.82. The van der Waals surface area contributed by atoms with E-state index in [1.807, 2.05) is 6.92 Å². The van der Waals surface area contributed by atoms with Gasteiger partial charge < -0.3 is 14.2 Å². The smallest absolute Gasteiger partial charge is 0.335 e. The predicted molar refractivity (Wildman–Crippen MR) is 71.9 cm³/mol. The molecule has 6 nitrogen and oxygen atoms in total. The zero-order chi connectivity index (χ0) is 15.6. The van der Waals surface area contributed by atoms with Gasteiger partial charge in [0, 0.05) is 0 Å². The fourth-order valence-corrected chi connectivity index (χ4v) is 1.76. The Balaban J connectivity index is 5.54. The van der Waals surface area contributed by atoms with Crippen LogP contribution < -0.4 is 0 Å². The molecule has 0 aromatic carbocycles. The highest BCUT2D eigenvalue weighted by Crippen LogP contribution is 2.30. The number of esters is 3. The molecule has 116 valence electrons. The van der Waals surface area contributed by atoms with Gasteiger partial charge in [-0.05, 0) is 27.2 Å². The number of hydrogen-bond acceptors (Lipinski definition) is 6. The lowest BCUT2D eigenvalue weighted by Crippen LogP contribution is -2.49. The summed E-state index contributed by atoms with van der Waals surface area (Å²) >= 11 is 0. The third-order valence-corrected chi connectivity index (χ3v) is 2.78. The number of ether oxygens (including phenoxy) is 3. The Morgan fingerprint density at radius 3 is 1.35 bits per heavy atom. The zero-order valence-electron chi connectivity index (χ0n) is 12.7. The van der Waals surface area contributed by atoms with Gasteiger partial charge in [-0.25, -0.2) is 0 Å². The van der Waals surface area contributed by atoms with Gasteiger partial charge in [0.1, 0.15) is 0 Å². The summed E-state index contributed by atoms with van der Waals surface area (Å²) in [4.78, 5) is 36.5. The highest BCUT2D eigenvalue weighted by Gasteiger charge is 2.56. The van der Waals surface area contributed by atoms with Crippen molar-refractivity contribution in [1.29, 1.82) is 0 Å². The molecule has 0 bridgehead atoms. The first kappa shape index (κ1) is 18.4. The highest BCUT2D eigenvalue weighted by molar-refractivity contribution is 6.17. The monoisotopic (exact) mass is 288 g/mol. The minimum atomic E-state index is -2.00. The van der Waals surface area contributed by atoms with Crippen molar-refractivity contribution in [3.63, 3.8) is 0 Å². The first-order valence-corrected chi connectivity index (χ1v) is 7.02. The molecule has 0 aliphatic heterocycles. The van der Waals surface area contributed by atoms with E-state index >= 15 is 0 Å². The summed E-state index contributed by atoms with van der Waals surface area (Å²) in [7, 11) is 0. The van der Waals surface area contributed by atoms with Gasteiger partial charge in [-0.15, -0.1) is 0 Å². The van der Waals surface area contributed by atoms with E-state index in [9.17, 15) is 14.4 Å². The second-order valence-corrected chi connectivity index (χ2v) is 4.17. The molecule has 0 fully saturated rings. The summed E-state index contributed by atoms with van der Waals surface area (Å²) in [5, 5.41) is 0. The maximum atomic E-state index is 12.2. The largest absolute Gasteiger partial charge is 0.465 e. The van der Waals surface area contributed by atoms with Gasteiger partial charge >= 0.3 is 17.9 Å². The average Bonchev–Trinajstić information content (AvgIpc) is 2.40. The Bertz CT molecular complexity index is 291. The molecule has 0 aromatic rings. The fraction of sp³-hybridized carbons (Fsp3) is 0.786. The molecule has 0 heterocycles. The van der Waals surface area contributed by atoms with Crippen molar-refractivity contribution in [3.05, 3.63) is 0 Å². The molecule has 0 unspecified atom stereocenters. The topological polar surface area (TPSA) is 78.9 Å². The van der Waals surface area contributed by atoms with E-state index < -0.39 is 23.3 Å². The van der Waals surface area contributed by atoms with Crippen molar-refractivity contribution in [1.82, 2.24) is 0 Å². The van der Waals surface area contributed by atoms with E-state index in [1.54, 1.807) is 20.8 Å². The van der Waals surface area contributed by atoms with Crippen molar-refractivity contribution >= 4 is 17.9 Å². The van der Waals surface area contributed by atoms with E-state index in [4.69, 9.17) is 14.2 Å². The average molecular weight is 288 g/mol. The standard InChI is InChI=1S/C14H24O6/c1-5-9-10-14(11(15)18-6-2,12(16)19-7-3)13(17)20-8-4/h5-10H2,1-4H3. The number of rotatable bonds is 9. The van der Waals surface area contributed by atoms with Gasteiger partial charge in [0.15, 0.2) is 0 Å². The fourth-order valence-electron chi connectivity index (χ4n) is 1.76. The van der Waals surface area contributed by atoms with Crippen LogP contribution in [0, 0.1) is 5.41 Å². The Kier molecular flexibility index (Phi) is 8.59. The van der Waals surface area contributed by atoms with Gasteiger partial charge in [0.2, 0.25) is 0 Å². The van der Waals surface area contributed by atoms with E-state index in [0.29, 0.717) is 6.42 Å². The maximum absolute atomic E-state index is 12.2. The SMILES string of the molecule is CCCCC(C(=O)OCC)(C(=O)OCC)C(=O)OCC. The Labute approximate surface area is 119 Å². The number of hydrogen-bond donors (Lipinski definition) is 0. The van der Waals surface area contributed by atoms with Crippen molar-refractivity contribution in [2.75, 3.05) is 19.8 Å². The van der Waals surface area contributed by atoms with Crippen molar-refractivity contribution in [2.24, 2.45) is 5.41 Å². The molecule has 0 amide bonds. The summed E-state index contributed by atoms with van der Waals surface area (Å²) in [6.45, 7) is 6.95. The van der Waals surface area contributed by atoms with Crippen LogP contribution in [0.25, 0.3) is 0 Å². The lowest BCUT2D eigenvalue weighted by Gasteiger charge is -2.26. The van der Waals surface area contributed by atoms with Gasteiger partial charge in [0.25, 0.3) is 5.41 Å². The predicted octanol–water partition coefficient (Wildman–Crippen LogP) is 1.85. The molecule has 0 rings (SSSR count). The lowest BCUT2D eigenvalue weighted by molar-refractivity contribution is -0.184. The van der Waals surface area contributed by atoms with Crippen molar-refractivity contribution in [2.45, 2.75) is 47.0 Å². The van der Waals surface area contributed by atoms with E-state index in [2.05, 4.69) is 0 Å². The molecule has 0 radical (unpaired) electrons. The van der Waals surface area contributed by atoms with E-state index in [0.717, 1.165) is 6.42 Å². The molecule has 0 aliphatic rings. The molecular formula is C14H24O6. The molecule has 0 aliphatic carbocycles. The van der Waals surface area contributed by atoms with Gasteiger partial charge in [-0.1, -0.05) is 19.8 Å². The van der Waals surface area contributed by atoms with Crippen molar-refractivity contribution < 1.29 is 28.6 Å². The molecule has 0 aromatic heterocycles. The third kappa shape index (κ3) is 4.21. The second-order valence-electron chi connectivity index (χ2n) is 4.17.